The fourth-order valence-corrected chi connectivity index (χ4v) is 3.64. The molecule has 1 aliphatic carbocycles. The zero-order valence-corrected chi connectivity index (χ0v) is 14.8. The van der Waals surface area contributed by atoms with Crippen LogP contribution >= 0.6 is 0 Å². The Morgan fingerprint density at radius 3 is 2.52 bits per heavy atom. The van der Waals surface area contributed by atoms with Crippen molar-refractivity contribution in [1.82, 2.24) is 10.3 Å². The van der Waals surface area contributed by atoms with Crippen molar-refractivity contribution in [1.29, 1.82) is 0 Å². The molecule has 0 radical (unpaired) electrons. The lowest BCUT2D eigenvalue weighted by atomic mass is 9.89. The van der Waals surface area contributed by atoms with E-state index in [2.05, 4.69) is 20.5 Å². The van der Waals surface area contributed by atoms with Crippen LogP contribution in [-0.4, -0.2) is 36.4 Å². The number of aromatic nitrogens is 1. The molecule has 136 valence electrons. The van der Waals surface area contributed by atoms with Crippen molar-refractivity contribution in [3.8, 4) is 0 Å². The summed E-state index contributed by atoms with van der Waals surface area (Å²) in [5, 5.41) is 5.68. The molecular formula is C19H28N4O2. The molecule has 1 aromatic heterocycles. The standard InChI is InChI=1S/C19H28N4O2/c24-18(10-11-20-19(25)15-6-2-1-3-7-15)22-17-9-8-16(14-21-17)23-12-4-5-13-23/h8-9,14-15H,1-7,10-13H2,(H,20,25)(H,21,22,24). The van der Waals surface area contributed by atoms with Crippen molar-refractivity contribution >= 4 is 23.3 Å². The van der Waals surface area contributed by atoms with Gasteiger partial charge in [-0.2, -0.15) is 0 Å². The van der Waals surface area contributed by atoms with E-state index in [4.69, 9.17) is 0 Å². The van der Waals surface area contributed by atoms with Crippen molar-refractivity contribution in [3.63, 3.8) is 0 Å². The average Bonchev–Trinajstić information content (AvgIpc) is 3.18. The predicted molar refractivity (Wildman–Crippen MR) is 98.5 cm³/mol. The largest absolute Gasteiger partial charge is 0.370 e. The highest BCUT2D eigenvalue weighted by atomic mass is 16.2. The Morgan fingerprint density at radius 2 is 1.84 bits per heavy atom. The minimum Gasteiger partial charge on any atom is -0.370 e. The summed E-state index contributed by atoms with van der Waals surface area (Å²) in [5.74, 6) is 0.675. The van der Waals surface area contributed by atoms with Crippen LogP contribution in [0.4, 0.5) is 11.5 Å². The molecule has 2 aliphatic rings. The van der Waals surface area contributed by atoms with E-state index in [9.17, 15) is 9.59 Å². The molecule has 1 aromatic rings. The lowest BCUT2D eigenvalue weighted by Crippen LogP contribution is -2.34. The van der Waals surface area contributed by atoms with E-state index in [0.29, 0.717) is 12.4 Å². The smallest absolute Gasteiger partial charge is 0.227 e. The number of rotatable bonds is 6. The monoisotopic (exact) mass is 344 g/mol. The lowest BCUT2D eigenvalue weighted by molar-refractivity contribution is -0.126. The van der Waals surface area contributed by atoms with E-state index >= 15 is 0 Å². The summed E-state index contributed by atoms with van der Waals surface area (Å²) >= 11 is 0. The summed E-state index contributed by atoms with van der Waals surface area (Å²) in [6, 6.07) is 3.84. The summed E-state index contributed by atoms with van der Waals surface area (Å²) in [4.78, 5) is 30.7. The molecule has 0 spiro atoms. The van der Waals surface area contributed by atoms with E-state index in [1.165, 1.54) is 19.3 Å². The first-order valence-corrected chi connectivity index (χ1v) is 9.51. The summed E-state index contributed by atoms with van der Waals surface area (Å²) < 4.78 is 0. The van der Waals surface area contributed by atoms with Gasteiger partial charge < -0.3 is 15.5 Å². The molecule has 1 saturated carbocycles. The first-order valence-electron chi connectivity index (χ1n) is 9.51. The number of carbonyl (C=O) groups excluding carboxylic acids is 2. The van der Waals surface area contributed by atoms with Crippen LogP contribution in [0.5, 0.6) is 0 Å². The fraction of sp³-hybridized carbons (Fsp3) is 0.632. The van der Waals surface area contributed by atoms with E-state index in [-0.39, 0.29) is 24.2 Å². The Bertz CT molecular complexity index is 576. The van der Waals surface area contributed by atoms with Gasteiger partial charge >= 0.3 is 0 Å². The molecule has 25 heavy (non-hydrogen) atoms. The van der Waals surface area contributed by atoms with E-state index in [0.717, 1.165) is 44.5 Å². The molecular weight excluding hydrogens is 316 g/mol. The Kier molecular flexibility index (Phi) is 6.25. The molecule has 6 nitrogen and oxygen atoms in total. The zero-order chi connectivity index (χ0) is 17.5. The van der Waals surface area contributed by atoms with Crippen molar-refractivity contribution in [2.75, 3.05) is 29.9 Å². The summed E-state index contributed by atoms with van der Waals surface area (Å²) in [5.41, 5.74) is 1.11. The van der Waals surface area contributed by atoms with E-state index in [1.54, 1.807) is 0 Å². The van der Waals surface area contributed by atoms with Gasteiger partial charge in [0, 0.05) is 32.0 Å². The molecule has 1 saturated heterocycles. The van der Waals surface area contributed by atoms with Crippen molar-refractivity contribution in [2.45, 2.75) is 51.4 Å². The molecule has 0 aromatic carbocycles. The van der Waals surface area contributed by atoms with Gasteiger partial charge in [0.05, 0.1) is 11.9 Å². The number of amides is 2. The maximum Gasteiger partial charge on any atom is 0.227 e. The molecule has 6 heteroatoms. The minimum absolute atomic E-state index is 0.0978. The molecule has 1 aliphatic heterocycles. The molecule has 0 bridgehead atoms. The number of hydrogen-bond acceptors (Lipinski definition) is 4. The second-order valence-electron chi connectivity index (χ2n) is 7.02. The lowest BCUT2D eigenvalue weighted by Gasteiger charge is -2.20. The number of anilines is 2. The van der Waals surface area contributed by atoms with Crippen LogP contribution in [0.1, 0.15) is 51.4 Å². The van der Waals surface area contributed by atoms with Gasteiger partial charge in [0.1, 0.15) is 5.82 Å². The van der Waals surface area contributed by atoms with E-state index in [1.807, 2.05) is 18.3 Å². The number of carbonyl (C=O) groups is 2. The third-order valence-electron chi connectivity index (χ3n) is 5.11. The van der Waals surface area contributed by atoms with Gasteiger partial charge in [-0.1, -0.05) is 19.3 Å². The fourth-order valence-electron chi connectivity index (χ4n) is 3.64. The molecule has 2 N–H and O–H groups in total. The van der Waals surface area contributed by atoms with Gasteiger partial charge in [0.2, 0.25) is 11.8 Å². The third kappa shape index (κ3) is 5.18. The zero-order valence-electron chi connectivity index (χ0n) is 14.8. The van der Waals surface area contributed by atoms with Gasteiger partial charge in [-0.25, -0.2) is 4.98 Å². The van der Waals surface area contributed by atoms with Crippen molar-refractivity contribution in [2.24, 2.45) is 5.92 Å². The van der Waals surface area contributed by atoms with Gasteiger partial charge in [0.25, 0.3) is 0 Å². The van der Waals surface area contributed by atoms with Crippen LogP contribution in [0, 0.1) is 5.92 Å². The number of hydrogen-bond donors (Lipinski definition) is 2. The number of pyridine rings is 1. The second-order valence-corrected chi connectivity index (χ2v) is 7.02. The average molecular weight is 344 g/mol. The van der Waals surface area contributed by atoms with Crippen LogP contribution in [0.2, 0.25) is 0 Å². The third-order valence-corrected chi connectivity index (χ3v) is 5.11. The van der Waals surface area contributed by atoms with Crippen LogP contribution < -0.4 is 15.5 Å². The Balaban J connectivity index is 1.37. The summed E-state index contributed by atoms with van der Waals surface area (Å²) in [6.07, 6.45) is 10.00. The first kappa shape index (κ1) is 17.7. The van der Waals surface area contributed by atoms with Crippen LogP contribution in [0.3, 0.4) is 0 Å². The first-order chi connectivity index (χ1) is 12.2. The van der Waals surface area contributed by atoms with Gasteiger partial charge in [-0.05, 0) is 37.8 Å². The summed E-state index contributed by atoms with van der Waals surface area (Å²) in [6.45, 7) is 2.54. The van der Waals surface area contributed by atoms with Crippen LogP contribution in [0.15, 0.2) is 18.3 Å². The van der Waals surface area contributed by atoms with Crippen molar-refractivity contribution < 1.29 is 9.59 Å². The second kappa shape index (κ2) is 8.83. The van der Waals surface area contributed by atoms with Crippen molar-refractivity contribution in [3.05, 3.63) is 18.3 Å². The van der Waals surface area contributed by atoms with Gasteiger partial charge in [-0.3, -0.25) is 9.59 Å². The number of nitrogens with zero attached hydrogens (tertiary/aromatic N) is 2. The molecule has 2 amide bonds. The Labute approximate surface area is 149 Å². The topological polar surface area (TPSA) is 74.3 Å². The highest BCUT2D eigenvalue weighted by Crippen LogP contribution is 2.23. The quantitative estimate of drug-likeness (QED) is 0.832. The highest BCUT2D eigenvalue weighted by molar-refractivity contribution is 5.90. The Morgan fingerprint density at radius 1 is 1.08 bits per heavy atom. The van der Waals surface area contributed by atoms with Crippen LogP contribution in [-0.2, 0) is 9.59 Å². The maximum absolute atomic E-state index is 12.0. The number of nitrogens with one attached hydrogen (secondary N) is 2. The summed E-state index contributed by atoms with van der Waals surface area (Å²) in [7, 11) is 0. The minimum atomic E-state index is -0.120. The van der Waals surface area contributed by atoms with Gasteiger partial charge in [-0.15, -0.1) is 0 Å². The molecule has 2 fully saturated rings. The Hall–Kier alpha value is -2.11. The molecule has 0 atom stereocenters. The molecule has 0 unspecified atom stereocenters. The molecule has 2 heterocycles. The maximum atomic E-state index is 12.0. The molecule has 3 rings (SSSR count). The predicted octanol–water partition coefficient (Wildman–Crippen LogP) is 2.71. The van der Waals surface area contributed by atoms with Gasteiger partial charge in [0.15, 0.2) is 0 Å². The van der Waals surface area contributed by atoms with E-state index < -0.39 is 0 Å². The van der Waals surface area contributed by atoms with Crippen LogP contribution in [0.25, 0.3) is 0 Å². The highest BCUT2D eigenvalue weighted by Gasteiger charge is 2.20. The normalized spacial score (nSPS) is 18.2. The SMILES string of the molecule is O=C(CCNC(=O)C1CCCCC1)Nc1ccc(N2CCCC2)cn1.